The monoisotopic (exact) mass is 437 g/mol. The van der Waals surface area contributed by atoms with Crippen LogP contribution < -0.4 is 0 Å². The van der Waals surface area contributed by atoms with Crippen LogP contribution >= 0.6 is 34.5 Å². The molecule has 2 rings (SSSR count). The number of hydrogen-bond donors (Lipinski definition) is 1. The molecular formula is C18H29Cl2N3O3S. The van der Waals surface area contributed by atoms with Crippen LogP contribution in [0.25, 0.3) is 0 Å². The summed E-state index contributed by atoms with van der Waals surface area (Å²) in [5.74, 6) is 0. The fourth-order valence-corrected chi connectivity index (χ4v) is 4.56. The van der Waals surface area contributed by atoms with E-state index in [-0.39, 0.29) is 12.1 Å². The molecule has 1 saturated heterocycles. The van der Waals surface area contributed by atoms with Crippen molar-refractivity contribution in [1.82, 2.24) is 14.8 Å². The average Bonchev–Trinajstić information content (AvgIpc) is 2.81. The highest BCUT2D eigenvalue weighted by molar-refractivity contribution is 7.16. The van der Waals surface area contributed by atoms with Crippen LogP contribution in [0, 0.1) is 0 Å². The molecule has 9 heteroatoms. The molecule has 6 nitrogen and oxygen atoms in total. The Balaban J connectivity index is 2.02. The Hall–Kier alpha value is -0.600. The van der Waals surface area contributed by atoms with E-state index in [1.165, 1.54) is 11.3 Å². The summed E-state index contributed by atoms with van der Waals surface area (Å²) in [6, 6.07) is 0.229. The van der Waals surface area contributed by atoms with Crippen molar-refractivity contribution in [3.05, 3.63) is 14.5 Å². The number of hydrogen-bond acceptors (Lipinski definition) is 6. The summed E-state index contributed by atoms with van der Waals surface area (Å²) in [4.78, 5) is 21.2. The summed E-state index contributed by atoms with van der Waals surface area (Å²) >= 11 is 13.5. The number of carbonyl (C=O) groups excluding carboxylic acids is 1. The maximum Gasteiger partial charge on any atom is 0.410 e. The number of piperidine rings is 1. The lowest BCUT2D eigenvalue weighted by Gasteiger charge is -2.40. The third-order valence-corrected chi connectivity index (χ3v) is 5.76. The highest BCUT2D eigenvalue weighted by Crippen LogP contribution is 2.30. The van der Waals surface area contributed by atoms with Crippen LogP contribution in [0.4, 0.5) is 4.79 Å². The average molecular weight is 438 g/mol. The largest absolute Gasteiger partial charge is 0.444 e. The SMILES string of the molecule is CC(C)(O)CN(Cc1sc(Cl)nc1Cl)C1CCN(C(=O)OC(C)(C)C)CC1. The van der Waals surface area contributed by atoms with Gasteiger partial charge in [-0.3, -0.25) is 4.90 Å². The molecule has 27 heavy (non-hydrogen) atoms. The van der Waals surface area contributed by atoms with Gasteiger partial charge in [0.2, 0.25) is 0 Å². The van der Waals surface area contributed by atoms with Gasteiger partial charge in [0, 0.05) is 32.2 Å². The van der Waals surface area contributed by atoms with E-state index in [0.717, 1.165) is 17.7 Å². The molecule has 1 aliphatic rings. The smallest absolute Gasteiger partial charge is 0.410 e. The Morgan fingerprint density at radius 1 is 1.30 bits per heavy atom. The van der Waals surface area contributed by atoms with Crippen LogP contribution in [0.15, 0.2) is 0 Å². The number of ether oxygens (including phenoxy) is 1. The number of aliphatic hydroxyl groups is 1. The van der Waals surface area contributed by atoms with Crippen molar-refractivity contribution in [3.8, 4) is 0 Å². The second kappa shape index (κ2) is 8.82. The normalized spacial score (nSPS) is 16.9. The maximum atomic E-state index is 12.3. The molecule has 1 aromatic heterocycles. The first-order valence-electron chi connectivity index (χ1n) is 9.09. The minimum absolute atomic E-state index is 0.229. The summed E-state index contributed by atoms with van der Waals surface area (Å²) in [7, 11) is 0. The minimum atomic E-state index is -0.844. The Bertz CT molecular complexity index is 647. The van der Waals surface area contributed by atoms with Crippen molar-refractivity contribution in [2.24, 2.45) is 0 Å². The fraction of sp³-hybridized carbons (Fsp3) is 0.778. The maximum absolute atomic E-state index is 12.3. The van der Waals surface area contributed by atoms with Gasteiger partial charge < -0.3 is 14.7 Å². The first-order chi connectivity index (χ1) is 12.3. The predicted molar refractivity (Wildman–Crippen MR) is 110 cm³/mol. The minimum Gasteiger partial charge on any atom is -0.444 e. The number of thiazole rings is 1. The van der Waals surface area contributed by atoms with E-state index in [9.17, 15) is 9.90 Å². The van der Waals surface area contributed by atoms with Gasteiger partial charge >= 0.3 is 6.09 Å². The zero-order valence-corrected chi connectivity index (χ0v) is 18.9. The van der Waals surface area contributed by atoms with Gasteiger partial charge in [-0.15, -0.1) is 11.3 Å². The first-order valence-corrected chi connectivity index (χ1v) is 10.7. The number of aromatic nitrogens is 1. The second-order valence-electron chi connectivity index (χ2n) is 8.60. The Morgan fingerprint density at radius 2 is 1.89 bits per heavy atom. The van der Waals surface area contributed by atoms with Crippen molar-refractivity contribution in [3.63, 3.8) is 0 Å². The lowest BCUT2D eigenvalue weighted by atomic mass is 10.0. The molecule has 154 valence electrons. The molecule has 1 amide bonds. The fourth-order valence-electron chi connectivity index (χ4n) is 3.14. The molecular weight excluding hydrogens is 409 g/mol. The molecule has 1 aliphatic heterocycles. The first kappa shape index (κ1) is 22.7. The summed E-state index contributed by atoms with van der Waals surface area (Å²) < 4.78 is 5.88. The Labute approximate surface area is 175 Å². The third kappa shape index (κ3) is 7.38. The van der Waals surface area contributed by atoms with Crippen molar-refractivity contribution >= 4 is 40.6 Å². The molecule has 0 aromatic carbocycles. The van der Waals surface area contributed by atoms with E-state index in [1.807, 2.05) is 20.8 Å². The number of likely N-dealkylation sites (tertiary alicyclic amines) is 1. The van der Waals surface area contributed by atoms with Crippen molar-refractivity contribution in [2.75, 3.05) is 19.6 Å². The lowest BCUT2D eigenvalue weighted by Crippen LogP contribution is -2.50. The third-order valence-electron chi connectivity index (χ3n) is 4.19. The standard InChI is InChI=1S/C18H29Cl2N3O3S/c1-17(2,3)26-16(24)22-8-6-12(7-9-22)23(11-18(4,5)25)10-13-14(19)21-15(20)27-13/h12,25H,6-11H2,1-5H3. The molecule has 1 aromatic rings. The van der Waals surface area contributed by atoms with Gasteiger partial charge in [0.15, 0.2) is 4.47 Å². The number of rotatable bonds is 5. The Morgan fingerprint density at radius 3 is 2.33 bits per heavy atom. The van der Waals surface area contributed by atoms with E-state index in [0.29, 0.717) is 35.8 Å². The zero-order chi connectivity index (χ0) is 20.4. The van der Waals surface area contributed by atoms with Crippen LogP contribution in [0.1, 0.15) is 52.3 Å². The Kier molecular flexibility index (Phi) is 7.41. The van der Waals surface area contributed by atoms with Gasteiger partial charge in [0.1, 0.15) is 10.8 Å². The quantitative estimate of drug-likeness (QED) is 0.737. The molecule has 0 unspecified atom stereocenters. The molecule has 2 heterocycles. The van der Waals surface area contributed by atoms with Gasteiger partial charge in [-0.25, -0.2) is 9.78 Å². The van der Waals surface area contributed by atoms with Crippen LogP contribution in [0.3, 0.4) is 0 Å². The van der Waals surface area contributed by atoms with Crippen LogP contribution in [0.2, 0.25) is 9.62 Å². The molecule has 0 spiro atoms. The van der Waals surface area contributed by atoms with Gasteiger partial charge in [-0.1, -0.05) is 23.2 Å². The second-order valence-corrected chi connectivity index (χ2v) is 10.6. The highest BCUT2D eigenvalue weighted by atomic mass is 35.5. The predicted octanol–water partition coefficient (Wildman–Crippen LogP) is 4.42. The lowest BCUT2D eigenvalue weighted by molar-refractivity contribution is -0.00691. The summed E-state index contributed by atoms with van der Waals surface area (Å²) in [6.45, 7) is 11.5. The van der Waals surface area contributed by atoms with Crippen LogP contribution in [0.5, 0.6) is 0 Å². The molecule has 0 radical (unpaired) electrons. The van der Waals surface area contributed by atoms with Crippen molar-refractivity contribution in [1.29, 1.82) is 0 Å². The van der Waals surface area contributed by atoms with Crippen molar-refractivity contribution < 1.29 is 14.6 Å². The van der Waals surface area contributed by atoms with Gasteiger partial charge in [0.25, 0.3) is 0 Å². The topological polar surface area (TPSA) is 65.9 Å². The molecule has 0 bridgehead atoms. The van der Waals surface area contributed by atoms with E-state index < -0.39 is 11.2 Å². The zero-order valence-electron chi connectivity index (χ0n) is 16.6. The van der Waals surface area contributed by atoms with Crippen LogP contribution in [-0.2, 0) is 11.3 Å². The van der Waals surface area contributed by atoms with E-state index in [1.54, 1.807) is 18.7 Å². The summed E-state index contributed by atoms with van der Waals surface area (Å²) in [6.07, 6.45) is 1.34. The van der Waals surface area contributed by atoms with E-state index in [4.69, 9.17) is 27.9 Å². The van der Waals surface area contributed by atoms with Gasteiger partial charge in [-0.2, -0.15) is 0 Å². The number of nitrogens with zero attached hydrogens (tertiary/aromatic N) is 3. The van der Waals surface area contributed by atoms with Crippen molar-refractivity contribution in [2.45, 2.75) is 71.2 Å². The molecule has 1 fully saturated rings. The highest BCUT2D eigenvalue weighted by Gasteiger charge is 2.32. The molecule has 0 saturated carbocycles. The number of amides is 1. The summed E-state index contributed by atoms with van der Waals surface area (Å²) in [5.41, 5.74) is -1.34. The number of carbonyl (C=O) groups is 1. The molecule has 1 N–H and O–H groups in total. The number of halogens is 2. The van der Waals surface area contributed by atoms with E-state index >= 15 is 0 Å². The molecule has 0 atom stereocenters. The van der Waals surface area contributed by atoms with Crippen LogP contribution in [-0.4, -0.2) is 62.9 Å². The van der Waals surface area contributed by atoms with E-state index in [2.05, 4.69) is 9.88 Å². The summed E-state index contributed by atoms with van der Waals surface area (Å²) in [5, 5.41) is 10.8. The molecule has 0 aliphatic carbocycles. The van der Waals surface area contributed by atoms with Gasteiger partial charge in [0.05, 0.1) is 10.5 Å². The van der Waals surface area contributed by atoms with Gasteiger partial charge in [-0.05, 0) is 47.5 Å².